The van der Waals surface area contributed by atoms with E-state index >= 15 is 0 Å². The molecule has 18 heteroatoms. The van der Waals surface area contributed by atoms with Crippen molar-refractivity contribution in [2.24, 2.45) is 10.1 Å². The maximum Gasteiger partial charge on any atom is 0.573 e. The van der Waals surface area contributed by atoms with Crippen LogP contribution in [0.1, 0.15) is 11.1 Å². The number of amides is 3. The summed E-state index contributed by atoms with van der Waals surface area (Å²) in [6, 6.07) is 14.5. The number of urea groups is 1. The Labute approximate surface area is 259 Å². The Balaban J connectivity index is 1.22. The number of anilines is 1. The fraction of sp³-hybridized carbons (Fsp3) is 0.143. The Kier molecular flexibility index (Phi) is 8.99. The zero-order valence-corrected chi connectivity index (χ0v) is 24.0. The largest absolute Gasteiger partial charge is 0.573 e. The predicted octanol–water partition coefficient (Wildman–Crippen LogP) is 6.22. The van der Waals surface area contributed by atoms with Gasteiger partial charge >= 0.3 is 18.8 Å². The van der Waals surface area contributed by atoms with Gasteiger partial charge in [-0.1, -0.05) is 42.1 Å². The van der Waals surface area contributed by atoms with Gasteiger partial charge in [-0.3, -0.25) is 9.69 Å². The van der Waals surface area contributed by atoms with Crippen LogP contribution >= 0.6 is 11.8 Å². The molecule has 5 rings (SSSR count). The number of nitrogens with one attached hydrogen (secondary N) is 1. The zero-order valence-electron chi connectivity index (χ0n) is 23.2. The molecule has 1 fully saturated rings. The molecule has 1 aromatic heterocycles. The second-order valence-electron chi connectivity index (χ2n) is 9.28. The quantitative estimate of drug-likeness (QED) is 0.142. The number of aromatic nitrogens is 3. The highest BCUT2D eigenvalue weighted by molar-refractivity contribution is 8.15. The molecule has 1 saturated heterocycles. The average Bonchev–Trinajstić information content (AvgIpc) is 3.60. The van der Waals surface area contributed by atoms with Gasteiger partial charge in [-0.15, -0.1) is 31.4 Å². The fourth-order valence-corrected chi connectivity index (χ4v) is 4.87. The standard InChI is InChI=1S/C28H19F6N7O4S/c1-16-2-11-22(45-28(32,33)34)21(12-16)41-23(42)14-46-26(41)37-25(43)38-36-13-17-3-5-18(6-4-17)24-35-15-40(39-24)19-7-9-20(10-8-19)44-27(29,30)31/h2-13,15H,14H2,1H3,(H,38,43)/b36-13+,37-26-. The minimum Gasteiger partial charge on any atom is -0.406 e. The molecule has 4 aromatic rings. The minimum atomic E-state index is -5.01. The van der Waals surface area contributed by atoms with E-state index in [1.54, 1.807) is 31.2 Å². The number of halogens is 6. The van der Waals surface area contributed by atoms with Gasteiger partial charge < -0.3 is 9.47 Å². The summed E-state index contributed by atoms with van der Waals surface area (Å²) in [4.78, 5) is 33.9. The molecule has 46 heavy (non-hydrogen) atoms. The molecule has 238 valence electrons. The van der Waals surface area contributed by atoms with Gasteiger partial charge in [0, 0.05) is 5.56 Å². The Morgan fingerprint density at radius 1 is 0.978 bits per heavy atom. The molecule has 3 amide bonds. The number of aliphatic imine (C=N–C) groups is 1. The number of thioether (sulfide) groups is 1. The topological polar surface area (TPSA) is 123 Å². The van der Waals surface area contributed by atoms with Crippen LogP contribution in [0.15, 0.2) is 83.2 Å². The summed E-state index contributed by atoms with van der Waals surface area (Å²) in [7, 11) is 0. The van der Waals surface area contributed by atoms with E-state index < -0.39 is 30.4 Å². The van der Waals surface area contributed by atoms with Crippen LogP contribution in [0.25, 0.3) is 17.1 Å². The molecule has 1 aliphatic rings. The molecule has 0 aliphatic carbocycles. The Hall–Kier alpha value is -5.39. The third-order valence-electron chi connectivity index (χ3n) is 5.91. The monoisotopic (exact) mass is 663 g/mol. The van der Waals surface area contributed by atoms with Gasteiger partial charge in [0.25, 0.3) is 0 Å². The number of hydrogen-bond acceptors (Lipinski definition) is 8. The van der Waals surface area contributed by atoms with Gasteiger partial charge in [0.1, 0.15) is 12.1 Å². The zero-order chi connectivity index (χ0) is 33.1. The van der Waals surface area contributed by atoms with Crippen LogP contribution in [-0.4, -0.2) is 56.6 Å². The van der Waals surface area contributed by atoms with Crippen molar-refractivity contribution >= 4 is 40.8 Å². The van der Waals surface area contributed by atoms with Crippen LogP contribution in [0.5, 0.6) is 11.5 Å². The maximum absolute atomic E-state index is 12.9. The van der Waals surface area contributed by atoms with E-state index in [2.05, 4.69) is 35.1 Å². The normalized spacial score (nSPS) is 14.7. The van der Waals surface area contributed by atoms with Gasteiger partial charge in [0.2, 0.25) is 5.91 Å². The van der Waals surface area contributed by atoms with Crippen molar-refractivity contribution in [2.45, 2.75) is 19.6 Å². The van der Waals surface area contributed by atoms with E-state index in [0.29, 0.717) is 28.2 Å². The summed E-state index contributed by atoms with van der Waals surface area (Å²) in [6.45, 7) is 1.62. The minimum absolute atomic E-state index is 0.155. The highest BCUT2D eigenvalue weighted by Crippen LogP contribution is 2.37. The fourth-order valence-electron chi connectivity index (χ4n) is 4.01. The SMILES string of the molecule is Cc1ccc(OC(F)(F)F)c(N2C(=O)CS/C2=N\C(=O)N/N=C/c2ccc(-c3ncn(-c4ccc(OC(F)(F)F)cc4)n3)cc2)c1. The summed E-state index contributed by atoms with van der Waals surface area (Å²) >= 11 is 0.863. The van der Waals surface area contributed by atoms with Gasteiger partial charge in [-0.2, -0.15) is 10.1 Å². The highest BCUT2D eigenvalue weighted by atomic mass is 32.2. The molecular weight excluding hydrogens is 644 g/mol. The molecular formula is C28H19F6N7O4S. The lowest BCUT2D eigenvalue weighted by Gasteiger charge is -2.21. The first-order valence-electron chi connectivity index (χ1n) is 12.9. The molecule has 11 nitrogen and oxygen atoms in total. The summed E-state index contributed by atoms with van der Waals surface area (Å²) in [5.41, 5.74) is 4.12. The lowest BCUT2D eigenvalue weighted by Crippen LogP contribution is -2.32. The van der Waals surface area contributed by atoms with Crippen molar-refractivity contribution in [1.29, 1.82) is 0 Å². The second kappa shape index (κ2) is 12.9. The number of rotatable bonds is 7. The predicted molar refractivity (Wildman–Crippen MR) is 155 cm³/mol. The molecule has 0 bridgehead atoms. The van der Waals surface area contributed by atoms with Crippen LogP contribution in [-0.2, 0) is 4.79 Å². The number of carbonyl (C=O) groups is 2. The van der Waals surface area contributed by atoms with E-state index in [1.165, 1.54) is 41.5 Å². The van der Waals surface area contributed by atoms with Crippen molar-refractivity contribution in [3.05, 3.63) is 84.2 Å². The second-order valence-corrected chi connectivity index (χ2v) is 10.2. The van der Waals surface area contributed by atoms with Gasteiger partial charge in [-0.25, -0.2) is 19.9 Å². The number of nitrogens with zero attached hydrogens (tertiary/aromatic N) is 6. The van der Waals surface area contributed by atoms with E-state index in [-0.39, 0.29) is 22.4 Å². The van der Waals surface area contributed by atoms with Crippen LogP contribution in [0, 0.1) is 6.92 Å². The van der Waals surface area contributed by atoms with E-state index in [9.17, 15) is 35.9 Å². The first-order valence-corrected chi connectivity index (χ1v) is 13.8. The molecule has 0 atom stereocenters. The van der Waals surface area contributed by atoms with Gasteiger partial charge in [0.05, 0.1) is 23.3 Å². The average molecular weight is 664 g/mol. The molecule has 1 aliphatic heterocycles. The molecule has 2 heterocycles. The molecule has 1 N–H and O–H groups in total. The summed E-state index contributed by atoms with van der Waals surface area (Å²) in [5, 5.41) is 7.99. The van der Waals surface area contributed by atoms with Crippen LogP contribution in [0.4, 0.5) is 36.8 Å². The van der Waals surface area contributed by atoms with E-state index in [0.717, 1.165) is 34.9 Å². The third kappa shape index (κ3) is 8.20. The van der Waals surface area contributed by atoms with E-state index in [1.807, 2.05) is 0 Å². The van der Waals surface area contributed by atoms with Crippen LogP contribution in [0.2, 0.25) is 0 Å². The number of carbonyl (C=O) groups excluding carboxylic acids is 2. The highest BCUT2D eigenvalue weighted by Gasteiger charge is 2.37. The number of hydrogen-bond donors (Lipinski definition) is 1. The molecule has 0 spiro atoms. The number of aryl methyl sites for hydroxylation is 1. The smallest absolute Gasteiger partial charge is 0.406 e. The first kappa shape index (κ1) is 32.0. The van der Waals surface area contributed by atoms with E-state index in [4.69, 9.17) is 0 Å². The maximum atomic E-state index is 12.9. The Morgan fingerprint density at radius 3 is 2.35 bits per heavy atom. The van der Waals surface area contributed by atoms with Crippen LogP contribution in [0.3, 0.4) is 0 Å². The summed E-state index contributed by atoms with van der Waals surface area (Å²) < 4.78 is 85.2. The lowest BCUT2D eigenvalue weighted by atomic mass is 10.1. The summed E-state index contributed by atoms with van der Waals surface area (Å²) in [5.74, 6) is -1.42. The lowest BCUT2D eigenvalue weighted by molar-refractivity contribution is -0.275. The number of amidine groups is 1. The molecule has 0 radical (unpaired) electrons. The first-order chi connectivity index (χ1) is 21.7. The van der Waals surface area contributed by atoms with Gasteiger partial charge in [-0.05, 0) is 54.4 Å². The summed E-state index contributed by atoms with van der Waals surface area (Å²) in [6.07, 6.45) is -7.11. The van der Waals surface area contributed by atoms with Crippen molar-refractivity contribution in [1.82, 2.24) is 20.2 Å². The Morgan fingerprint density at radius 2 is 1.67 bits per heavy atom. The number of ether oxygens (including phenoxy) is 2. The Bertz CT molecular complexity index is 1810. The number of alkyl halides is 6. The number of benzene rings is 3. The van der Waals surface area contributed by atoms with Crippen LogP contribution < -0.4 is 19.8 Å². The molecule has 0 unspecified atom stereocenters. The van der Waals surface area contributed by atoms with Crippen molar-refractivity contribution in [2.75, 3.05) is 10.7 Å². The molecule has 0 saturated carbocycles. The van der Waals surface area contributed by atoms with Crippen molar-refractivity contribution in [3.8, 4) is 28.6 Å². The number of hydrazone groups is 1. The third-order valence-corrected chi connectivity index (χ3v) is 6.84. The molecule has 3 aromatic carbocycles. The van der Waals surface area contributed by atoms with Crippen molar-refractivity contribution in [3.63, 3.8) is 0 Å². The van der Waals surface area contributed by atoms with Gasteiger partial charge in [0.15, 0.2) is 16.7 Å². The van der Waals surface area contributed by atoms with Crippen molar-refractivity contribution < 1.29 is 45.4 Å².